The Kier molecular flexibility index (Phi) is 19.8. The van der Waals surface area contributed by atoms with Crippen molar-refractivity contribution < 1.29 is 74.0 Å². The van der Waals surface area contributed by atoms with Crippen molar-refractivity contribution in [3.63, 3.8) is 0 Å². The molecule has 0 radical (unpaired) electrons. The van der Waals surface area contributed by atoms with Gasteiger partial charge in [0, 0.05) is 57.8 Å². The molecule has 63 heavy (non-hydrogen) atoms. The second-order valence-electron chi connectivity index (χ2n) is 14.3. The molecule has 2 aliphatic heterocycles. The SMILES string of the molecule is O=C(CCCN1CCN(C(c2ccccc2)c2ccccc2)CC1)c1ccc2c(c1)CCN(Cc1ccccc1)CC2.O=C(O)C(F)(F)F.O=C(O)C(F)(F)F.O=C(O)C(F)(F)F. The molecule has 0 amide bonds. The van der Waals surface area contributed by atoms with E-state index >= 15 is 0 Å². The molecule has 4 aromatic carbocycles. The minimum Gasteiger partial charge on any atom is -0.475 e. The summed E-state index contributed by atoms with van der Waals surface area (Å²) >= 11 is 0. The lowest BCUT2D eigenvalue weighted by atomic mass is 9.96. The van der Waals surface area contributed by atoms with Gasteiger partial charge in [0.1, 0.15) is 0 Å². The summed E-state index contributed by atoms with van der Waals surface area (Å²) in [5.41, 5.74) is 7.74. The van der Waals surface area contributed by atoms with Crippen molar-refractivity contribution in [2.75, 3.05) is 45.8 Å². The molecule has 1 fully saturated rings. The van der Waals surface area contributed by atoms with Crippen LogP contribution in [0, 0.1) is 0 Å². The van der Waals surface area contributed by atoms with Gasteiger partial charge in [0.15, 0.2) is 5.78 Å². The molecule has 0 aromatic heterocycles. The van der Waals surface area contributed by atoms with Gasteiger partial charge in [0.2, 0.25) is 0 Å². The molecule has 0 atom stereocenters. The van der Waals surface area contributed by atoms with Gasteiger partial charge in [-0.15, -0.1) is 0 Å². The second-order valence-corrected chi connectivity index (χ2v) is 14.3. The summed E-state index contributed by atoms with van der Waals surface area (Å²) in [7, 11) is 0. The quantitative estimate of drug-likeness (QED) is 0.105. The number of carbonyl (C=O) groups excluding carboxylic acids is 1. The van der Waals surface area contributed by atoms with Gasteiger partial charge in [0.25, 0.3) is 0 Å². The number of nitrogens with zero attached hydrogens (tertiary/aromatic N) is 3. The third-order valence-electron chi connectivity index (χ3n) is 9.78. The Labute approximate surface area is 357 Å². The molecule has 342 valence electrons. The number of aliphatic carboxylic acids is 3. The maximum atomic E-state index is 13.2. The number of ketones is 1. The Morgan fingerprint density at radius 2 is 0.937 bits per heavy atom. The van der Waals surface area contributed by atoms with Crippen molar-refractivity contribution >= 4 is 23.7 Å². The van der Waals surface area contributed by atoms with Crippen LogP contribution in [0.15, 0.2) is 109 Å². The number of carboxylic acid groups (broad SMARTS) is 3. The van der Waals surface area contributed by atoms with E-state index in [4.69, 9.17) is 29.7 Å². The average molecular weight is 900 g/mol. The lowest BCUT2D eigenvalue weighted by Gasteiger charge is -2.39. The third kappa shape index (κ3) is 18.2. The number of carboxylic acids is 3. The topological polar surface area (TPSA) is 139 Å². The Hall–Kier alpha value is -5.79. The minimum absolute atomic E-state index is 0.287. The molecule has 19 heteroatoms. The highest BCUT2D eigenvalue weighted by atomic mass is 19.4. The molecule has 0 bridgehead atoms. The number of Topliss-reactive ketones (excluding diaryl/α,β-unsaturated/α-hetero) is 1. The van der Waals surface area contributed by atoms with E-state index in [0.29, 0.717) is 6.42 Å². The normalized spacial score (nSPS) is 14.9. The fourth-order valence-corrected chi connectivity index (χ4v) is 6.68. The van der Waals surface area contributed by atoms with Crippen LogP contribution in [0.3, 0.4) is 0 Å². The summed E-state index contributed by atoms with van der Waals surface area (Å²) in [5.74, 6) is -7.98. The number of fused-ring (bicyclic) bond motifs is 1. The van der Waals surface area contributed by atoms with Crippen LogP contribution in [-0.2, 0) is 33.8 Å². The fourth-order valence-electron chi connectivity index (χ4n) is 6.68. The van der Waals surface area contributed by atoms with Gasteiger partial charge in [0.05, 0.1) is 6.04 Å². The van der Waals surface area contributed by atoms with Crippen LogP contribution < -0.4 is 0 Å². The third-order valence-corrected chi connectivity index (χ3v) is 9.78. The van der Waals surface area contributed by atoms with E-state index in [1.54, 1.807) is 0 Å². The summed E-state index contributed by atoms with van der Waals surface area (Å²) in [6, 6.07) is 39.2. The maximum absolute atomic E-state index is 13.2. The molecule has 2 heterocycles. The molecule has 4 aromatic rings. The van der Waals surface area contributed by atoms with Crippen LogP contribution in [0.1, 0.15) is 57.1 Å². The van der Waals surface area contributed by atoms with E-state index in [-0.39, 0.29) is 11.8 Å². The van der Waals surface area contributed by atoms with Gasteiger partial charge in [-0.1, -0.05) is 103 Å². The summed E-state index contributed by atoms with van der Waals surface area (Å²) in [4.78, 5) is 47.6. The average Bonchev–Trinajstić information content (AvgIpc) is 3.44. The first-order valence-corrected chi connectivity index (χ1v) is 19.4. The molecule has 0 spiro atoms. The van der Waals surface area contributed by atoms with Gasteiger partial charge in [-0.05, 0) is 59.7 Å². The van der Waals surface area contributed by atoms with Crippen molar-refractivity contribution in [2.24, 2.45) is 0 Å². The van der Waals surface area contributed by atoms with Crippen molar-refractivity contribution in [3.8, 4) is 0 Å². The number of halogens is 9. The van der Waals surface area contributed by atoms with Crippen LogP contribution >= 0.6 is 0 Å². The highest BCUT2D eigenvalue weighted by molar-refractivity contribution is 5.96. The standard InChI is InChI=1S/C38H43N3O.3C2HF3O2/c42-37(36-19-18-32-20-23-40(24-21-35(32)29-36)30-31-11-4-1-5-12-31)17-10-22-39-25-27-41(28-26-39)38(33-13-6-2-7-14-33)34-15-8-3-9-16-34;3*3-2(4,5)1(6)7/h1-9,11-16,18-19,29,38H,10,17,20-28,30H2;3*(H,6,7). The molecule has 2 aliphatic rings. The number of carbonyl (C=O) groups is 4. The number of benzene rings is 4. The van der Waals surface area contributed by atoms with Gasteiger partial charge in [-0.3, -0.25) is 14.6 Å². The second kappa shape index (κ2) is 24.2. The van der Waals surface area contributed by atoms with Crippen LogP contribution in [0.2, 0.25) is 0 Å². The first kappa shape index (κ1) is 51.6. The van der Waals surface area contributed by atoms with E-state index in [0.717, 1.165) is 77.2 Å². The first-order valence-electron chi connectivity index (χ1n) is 19.4. The summed E-state index contributed by atoms with van der Waals surface area (Å²) in [5, 5.41) is 21.4. The lowest BCUT2D eigenvalue weighted by molar-refractivity contribution is -0.193. The largest absolute Gasteiger partial charge is 0.490 e. The van der Waals surface area contributed by atoms with Crippen molar-refractivity contribution in [2.45, 2.75) is 56.8 Å². The summed E-state index contributed by atoms with van der Waals surface area (Å²) in [6.45, 7) is 8.25. The van der Waals surface area contributed by atoms with Crippen LogP contribution in [0.4, 0.5) is 39.5 Å². The van der Waals surface area contributed by atoms with Crippen molar-refractivity contribution in [1.82, 2.24) is 14.7 Å². The zero-order valence-electron chi connectivity index (χ0n) is 33.7. The minimum atomic E-state index is -5.08. The smallest absolute Gasteiger partial charge is 0.475 e. The number of hydrogen-bond donors (Lipinski definition) is 3. The summed E-state index contributed by atoms with van der Waals surface area (Å²) < 4.78 is 95.2. The van der Waals surface area contributed by atoms with Gasteiger partial charge >= 0.3 is 36.4 Å². The lowest BCUT2D eigenvalue weighted by Crippen LogP contribution is -2.48. The molecule has 6 rings (SSSR count). The molecule has 1 saturated heterocycles. The van der Waals surface area contributed by atoms with E-state index in [1.807, 2.05) is 0 Å². The summed E-state index contributed by atoms with van der Waals surface area (Å²) in [6.07, 6.45) is -11.6. The Bertz CT molecular complexity index is 1950. The Morgan fingerprint density at radius 3 is 1.37 bits per heavy atom. The Balaban J connectivity index is 0.000000416. The molecular formula is C44H46F9N3O7. The van der Waals surface area contributed by atoms with E-state index in [2.05, 4.69) is 124 Å². The molecular weight excluding hydrogens is 853 g/mol. The zero-order valence-corrected chi connectivity index (χ0v) is 33.7. The van der Waals surface area contributed by atoms with Crippen LogP contribution in [-0.4, -0.2) is 118 Å². The molecule has 0 saturated carbocycles. The van der Waals surface area contributed by atoms with Crippen LogP contribution in [0.5, 0.6) is 0 Å². The van der Waals surface area contributed by atoms with E-state index in [9.17, 15) is 44.3 Å². The highest BCUT2D eigenvalue weighted by Crippen LogP contribution is 2.30. The molecule has 10 nitrogen and oxygen atoms in total. The number of alkyl halides is 9. The van der Waals surface area contributed by atoms with E-state index < -0.39 is 36.4 Å². The van der Waals surface area contributed by atoms with Gasteiger partial charge < -0.3 is 20.2 Å². The van der Waals surface area contributed by atoms with E-state index in [1.165, 1.54) is 27.8 Å². The number of hydrogen-bond acceptors (Lipinski definition) is 7. The first-order chi connectivity index (χ1) is 29.6. The van der Waals surface area contributed by atoms with Crippen LogP contribution in [0.25, 0.3) is 0 Å². The zero-order chi connectivity index (χ0) is 46.8. The van der Waals surface area contributed by atoms with Gasteiger partial charge in [-0.2, -0.15) is 39.5 Å². The van der Waals surface area contributed by atoms with Crippen molar-refractivity contribution in [1.29, 1.82) is 0 Å². The predicted molar refractivity (Wildman–Crippen MR) is 213 cm³/mol. The number of rotatable bonds is 10. The fraction of sp³-hybridized carbons (Fsp3) is 0.364. The number of piperazine rings is 1. The molecule has 3 N–H and O–H groups in total. The van der Waals surface area contributed by atoms with Crippen molar-refractivity contribution in [3.05, 3.63) is 143 Å². The molecule has 0 unspecified atom stereocenters. The monoisotopic (exact) mass is 899 g/mol. The predicted octanol–water partition coefficient (Wildman–Crippen LogP) is 8.56. The van der Waals surface area contributed by atoms with Gasteiger partial charge in [-0.25, -0.2) is 14.4 Å². The molecule has 0 aliphatic carbocycles. The Morgan fingerprint density at radius 1 is 0.524 bits per heavy atom. The maximum Gasteiger partial charge on any atom is 0.490 e. The highest BCUT2D eigenvalue weighted by Gasteiger charge is 2.39.